The number of cyclic esters (lactones) is 1. The summed E-state index contributed by atoms with van der Waals surface area (Å²) in [7, 11) is 1.69. The molecule has 3 heterocycles. The van der Waals surface area contributed by atoms with Crippen LogP contribution in [0.2, 0.25) is 0 Å². The smallest absolute Gasteiger partial charge is 0.414 e. The molecule has 144 valence electrons. The Balaban J connectivity index is 1.51. The summed E-state index contributed by atoms with van der Waals surface area (Å²) in [5.41, 5.74) is 0.942. The van der Waals surface area contributed by atoms with Gasteiger partial charge in [0.25, 0.3) is 0 Å². The predicted molar refractivity (Wildman–Crippen MR) is 97.6 cm³/mol. The largest absolute Gasteiger partial charge is 0.442 e. The molecule has 0 spiro atoms. The molecule has 0 bridgehead atoms. The molecule has 0 N–H and O–H groups in total. The number of hydrogen-bond acceptors (Lipinski definition) is 8. The molecule has 2 unspecified atom stereocenters. The van der Waals surface area contributed by atoms with Crippen LogP contribution < -0.4 is 9.80 Å². The lowest BCUT2D eigenvalue weighted by Crippen LogP contribution is -2.36. The van der Waals surface area contributed by atoms with E-state index in [0.717, 1.165) is 0 Å². The number of morpholine rings is 1. The standard InChI is InChI=1S/C16H19FN6O3S/c1-21-15(18-19-20-21)14(27)13-9-23(16(24)26-13)10-2-3-12(11(17)8-10)22-4-6-25-7-5-22/h2-3,8,13-14,27H,4-7,9H2,1H3. The fraction of sp³-hybridized carbons (Fsp3) is 0.500. The van der Waals surface area contributed by atoms with Gasteiger partial charge in [0.1, 0.15) is 17.2 Å². The first-order valence-corrected chi connectivity index (χ1v) is 9.07. The summed E-state index contributed by atoms with van der Waals surface area (Å²) >= 11 is 4.49. The molecule has 1 aromatic carbocycles. The minimum Gasteiger partial charge on any atom is -0.442 e. The summed E-state index contributed by atoms with van der Waals surface area (Å²) in [6, 6.07) is 4.75. The summed E-state index contributed by atoms with van der Waals surface area (Å²) in [6.45, 7) is 2.65. The van der Waals surface area contributed by atoms with Crippen LogP contribution >= 0.6 is 12.6 Å². The summed E-state index contributed by atoms with van der Waals surface area (Å²) < 4.78 is 26.8. The van der Waals surface area contributed by atoms with Crippen molar-refractivity contribution >= 4 is 30.1 Å². The van der Waals surface area contributed by atoms with Crippen molar-refractivity contribution < 1.29 is 18.7 Å². The second-order valence-electron chi connectivity index (χ2n) is 6.37. The lowest BCUT2D eigenvalue weighted by atomic mass is 10.2. The third-order valence-corrected chi connectivity index (χ3v) is 5.26. The summed E-state index contributed by atoms with van der Waals surface area (Å²) in [5.74, 6) is 0.109. The van der Waals surface area contributed by atoms with Gasteiger partial charge in [-0.3, -0.25) is 4.90 Å². The number of carbonyl (C=O) groups is 1. The van der Waals surface area contributed by atoms with Crippen LogP contribution in [0.1, 0.15) is 11.1 Å². The molecule has 11 heteroatoms. The normalized spacial score (nSPS) is 21.4. The number of anilines is 2. The van der Waals surface area contributed by atoms with Gasteiger partial charge in [0.05, 0.1) is 31.1 Å². The molecule has 4 rings (SSSR count). The highest BCUT2D eigenvalue weighted by Crippen LogP contribution is 2.33. The van der Waals surface area contributed by atoms with Crippen molar-refractivity contribution in [2.75, 3.05) is 42.6 Å². The Kier molecular flexibility index (Phi) is 4.87. The molecule has 2 saturated heterocycles. The highest BCUT2D eigenvalue weighted by molar-refractivity contribution is 7.80. The molecule has 0 aliphatic carbocycles. The van der Waals surface area contributed by atoms with Gasteiger partial charge in [-0.15, -0.1) is 5.10 Å². The Hall–Kier alpha value is -2.40. The fourth-order valence-corrected chi connectivity index (χ4v) is 3.61. The van der Waals surface area contributed by atoms with Gasteiger partial charge in [-0.05, 0) is 28.6 Å². The SMILES string of the molecule is Cn1nnnc1C(S)C1CN(c2ccc(N3CCOCC3)c(F)c2)C(=O)O1. The van der Waals surface area contributed by atoms with Gasteiger partial charge in [0, 0.05) is 20.1 Å². The van der Waals surface area contributed by atoms with Crippen molar-refractivity contribution in [3.8, 4) is 0 Å². The molecule has 1 aromatic heterocycles. The van der Waals surface area contributed by atoms with Gasteiger partial charge in [-0.1, -0.05) is 0 Å². The fourth-order valence-electron chi connectivity index (χ4n) is 3.24. The highest BCUT2D eigenvalue weighted by atomic mass is 32.1. The zero-order valence-electron chi connectivity index (χ0n) is 14.7. The van der Waals surface area contributed by atoms with Crippen molar-refractivity contribution in [3.63, 3.8) is 0 Å². The molecule has 1 amide bonds. The minimum absolute atomic E-state index is 0.232. The van der Waals surface area contributed by atoms with E-state index in [0.29, 0.717) is 43.5 Å². The highest BCUT2D eigenvalue weighted by Gasteiger charge is 2.39. The van der Waals surface area contributed by atoms with E-state index in [-0.39, 0.29) is 12.4 Å². The van der Waals surface area contributed by atoms with Gasteiger partial charge >= 0.3 is 6.09 Å². The van der Waals surface area contributed by atoms with Gasteiger partial charge in [0.2, 0.25) is 0 Å². The summed E-state index contributed by atoms with van der Waals surface area (Å²) in [4.78, 5) is 15.6. The summed E-state index contributed by atoms with van der Waals surface area (Å²) in [5, 5.41) is 10.7. The van der Waals surface area contributed by atoms with Crippen LogP contribution in [0, 0.1) is 5.82 Å². The van der Waals surface area contributed by atoms with E-state index in [2.05, 4.69) is 28.2 Å². The predicted octanol–water partition coefficient (Wildman–Crippen LogP) is 1.18. The second kappa shape index (κ2) is 7.31. The number of thiol groups is 1. The quantitative estimate of drug-likeness (QED) is 0.780. The first kappa shape index (κ1) is 18.0. The third-order valence-electron chi connectivity index (χ3n) is 4.70. The van der Waals surface area contributed by atoms with Gasteiger partial charge in [0.15, 0.2) is 5.82 Å². The summed E-state index contributed by atoms with van der Waals surface area (Å²) in [6.07, 6.45) is -1.10. The molecule has 2 atom stereocenters. The minimum atomic E-state index is -0.549. The number of aryl methyl sites for hydroxylation is 1. The average Bonchev–Trinajstić information content (AvgIpc) is 3.27. The third kappa shape index (κ3) is 3.44. The first-order chi connectivity index (χ1) is 13.0. The van der Waals surface area contributed by atoms with Crippen molar-refractivity contribution in [1.29, 1.82) is 0 Å². The van der Waals surface area contributed by atoms with Crippen LogP contribution in [0.25, 0.3) is 0 Å². The van der Waals surface area contributed by atoms with E-state index in [1.165, 1.54) is 15.6 Å². The molecule has 27 heavy (non-hydrogen) atoms. The number of halogens is 1. The van der Waals surface area contributed by atoms with E-state index in [9.17, 15) is 9.18 Å². The number of rotatable bonds is 4. The number of tetrazole rings is 1. The Bertz CT molecular complexity index is 843. The van der Waals surface area contributed by atoms with E-state index in [1.807, 2.05) is 4.90 Å². The van der Waals surface area contributed by atoms with Crippen molar-refractivity contribution in [1.82, 2.24) is 20.2 Å². The van der Waals surface area contributed by atoms with Crippen LogP contribution in [-0.4, -0.2) is 65.3 Å². The molecular formula is C16H19FN6O3S. The molecular weight excluding hydrogens is 375 g/mol. The van der Waals surface area contributed by atoms with Gasteiger partial charge in [-0.2, -0.15) is 12.6 Å². The van der Waals surface area contributed by atoms with Gasteiger partial charge < -0.3 is 14.4 Å². The molecule has 0 saturated carbocycles. The lowest BCUT2D eigenvalue weighted by Gasteiger charge is -2.29. The maximum atomic E-state index is 14.6. The zero-order valence-corrected chi connectivity index (χ0v) is 15.5. The van der Waals surface area contributed by atoms with Crippen molar-refractivity contribution in [3.05, 3.63) is 29.8 Å². The molecule has 2 aliphatic rings. The van der Waals surface area contributed by atoms with E-state index in [1.54, 1.807) is 19.2 Å². The number of benzene rings is 1. The Morgan fingerprint density at radius 2 is 2.11 bits per heavy atom. The van der Waals surface area contributed by atoms with Gasteiger partial charge in [-0.25, -0.2) is 13.9 Å². The topological polar surface area (TPSA) is 85.6 Å². The van der Waals surface area contributed by atoms with Crippen LogP contribution in [0.4, 0.5) is 20.6 Å². The number of carbonyl (C=O) groups excluding carboxylic acids is 1. The Morgan fingerprint density at radius 1 is 1.33 bits per heavy atom. The Labute approximate surface area is 160 Å². The molecule has 9 nitrogen and oxygen atoms in total. The lowest BCUT2D eigenvalue weighted by molar-refractivity contribution is 0.122. The first-order valence-electron chi connectivity index (χ1n) is 8.55. The van der Waals surface area contributed by atoms with E-state index < -0.39 is 17.4 Å². The Morgan fingerprint density at radius 3 is 2.78 bits per heavy atom. The zero-order chi connectivity index (χ0) is 19.0. The number of ether oxygens (including phenoxy) is 2. The number of hydrogen-bond donors (Lipinski definition) is 1. The van der Waals surface area contributed by atoms with Crippen LogP contribution in [0.3, 0.4) is 0 Å². The maximum absolute atomic E-state index is 14.6. The molecule has 0 radical (unpaired) electrons. The maximum Gasteiger partial charge on any atom is 0.414 e. The average molecular weight is 394 g/mol. The van der Waals surface area contributed by atoms with E-state index in [4.69, 9.17) is 9.47 Å². The number of amides is 1. The molecule has 2 aliphatic heterocycles. The van der Waals surface area contributed by atoms with Crippen LogP contribution in [0.5, 0.6) is 0 Å². The monoisotopic (exact) mass is 394 g/mol. The van der Waals surface area contributed by atoms with Crippen molar-refractivity contribution in [2.45, 2.75) is 11.4 Å². The molecule has 2 aromatic rings. The second-order valence-corrected chi connectivity index (χ2v) is 6.93. The van der Waals surface area contributed by atoms with Crippen LogP contribution in [0.15, 0.2) is 18.2 Å². The van der Waals surface area contributed by atoms with Crippen LogP contribution in [-0.2, 0) is 16.5 Å². The van der Waals surface area contributed by atoms with Crippen molar-refractivity contribution in [2.24, 2.45) is 7.05 Å². The molecule has 2 fully saturated rings. The number of nitrogens with zero attached hydrogens (tertiary/aromatic N) is 6. The van der Waals surface area contributed by atoms with E-state index >= 15 is 0 Å². The number of aromatic nitrogens is 4.